The molecule has 0 amide bonds. The van der Waals surface area contributed by atoms with Gasteiger partial charge in [-0.15, -0.1) is 0 Å². The fraction of sp³-hybridized carbons (Fsp3) is 0.600. The maximum Gasteiger partial charge on any atom is 0.180 e. The highest BCUT2D eigenvalue weighted by molar-refractivity contribution is 9.10. The first-order valence-electron chi connectivity index (χ1n) is 7.25. The van der Waals surface area contributed by atoms with Crippen molar-refractivity contribution in [2.45, 2.75) is 46.5 Å². The third kappa shape index (κ3) is 3.95. The van der Waals surface area contributed by atoms with E-state index in [1.54, 1.807) is 6.20 Å². The molecule has 0 saturated carbocycles. The number of imidazole rings is 1. The number of rotatable bonds is 7. The molecule has 0 saturated heterocycles. The summed E-state index contributed by atoms with van der Waals surface area (Å²) in [6.45, 7) is 7.75. The van der Waals surface area contributed by atoms with Crippen LogP contribution in [-0.2, 0) is 0 Å². The molecule has 0 radical (unpaired) electrons. The summed E-state index contributed by atoms with van der Waals surface area (Å²) < 4.78 is 2.79. The van der Waals surface area contributed by atoms with Crippen molar-refractivity contribution in [2.75, 3.05) is 11.9 Å². The molecule has 20 heavy (non-hydrogen) atoms. The summed E-state index contributed by atoms with van der Waals surface area (Å²) in [5, 5.41) is 3.46. The zero-order valence-corrected chi connectivity index (χ0v) is 14.1. The normalized spacial score (nSPS) is 12.0. The molecule has 0 bridgehead atoms. The largest absolute Gasteiger partial charge is 0.366 e. The lowest BCUT2D eigenvalue weighted by Gasteiger charge is -2.25. The smallest absolute Gasteiger partial charge is 0.180 e. The highest BCUT2D eigenvalue weighted by Crippen LogP contribution is 2.25. The summed E-state index contributed by atoms with van der Waals surface area (Å²) >= 11 is 3.44. The fourth-order valence-electron chi connectivity index (χ4n) is 2.28. The van der Waals surface area contributed by atoms with Gasteiger partial charge < -0.3 is 9.72 Å². The number of fused-ring (bicyclic) bond motifs is 1. The van der Waals surface area contributed by atoms with E-state index in [4.69, 9.17) is 0 Å². The quantitative estimate of drug-likeness (QED) is 0.755. The van der Waals surface area contributed by atoms with Crippen LogP contribution < -0.4 is 5.32 Å². The first-order valence-corrected chi connectivity index (χ1v) is 8.04. The molecule has 2 rings (SSSR count). The maximum atomic E-state index is 4.50. The van der Waals surface area contributed by atoms with E-state index in [2.05, 4.69) is 52.0 Å². The number of hydrogen-bond donors (Lipinski definition) is 1. The topological polar surface area (TPSA) is 42.2 Å². The molecule has 2 heterocycles. The Morgan fingerprint density at radius 1 is 1.35 bits per heavy atom. The Hall–Kier alpha value is -1.10. The summed E-state index contributed by atoms with van der Waals surface area (Å²) in [5.74, 6) is 0.841. The molecule has 0 aliphatic rings. The average molecular weight is 339 g/mol. The van der Waals surface area contributed by atoms with Crippen LogP contribution in [-0.4, -0.2) is 20.9 Å². The molecule has 0 aromatic carbocycles. The van der Waals surface area contributed by atoms with E-state index in [9.17, 15) is 0 Å². The third-order valence-electron chi connectivity index (χ3n) is 3.54. The van der Waals surface area contributed by atoms with Crippen molar-refractivity contribution in [1.29, 1.82) is 0 Å². The molecule has 0 aliphatic carbocycles. The maximum absolute atomic E-state index is 4.50. The lowest BCUT2D eigenvalue weighted by atomic mass is 9.87. The van der Waals surface area contributed by atoms with Crippen LogP contribution in [0.4, 0.5) is 5.82 Å². The summed E-state index contributed by atoms with van der Waals surface area (Å²) in [5.41, 5.74) is 1.14. The van der Waals surface area contributed by atoms with E-state index in [1.165, 1.54) is 25.7 Å². The predicted octanol–water partition coefficient (Wildman–Crippen LogP) is 4.51. The van der Waals surface area contributed by atoms with Crippen molar-refractivity contribution >= 4 is 27.4 Å². The third-order valence-corrected chi connectivity index (χ3v) is 3.92. The first-order chi connectivity index (χ1) is 9.52. The minimum absolute atomic E-state index is 0.267. The van der Waals surface area contributed by atoms with E-state index in [0.717, 1.165) is 22.6 Å². The van der Waals surface area contributed by atoms with Gasteiger partial charge in [0, 0.05) is 25.1 Å². The Kier molecular flexibility index (Phi) is 5.02. The number of hydrogen-bond acceptors (Lipinski definition) is 3. The molecule has 0 aliphatic heterocycles. The SMILES string of the molecule is CCCCCC(C)(C)CNc1nc(Br)cn2ccnc12. The molecule has 5 heteroatoms. The van der Waals surface area contributed by atoms with Crippen LogP contribution in [0.2, 0.25) is 0 Å². The Bertz CT molecular complexity index is 562. The summed E-state index contributed by atoms with van der Waals surface area (Å²) in [6.07, 6.45) is 10.7. The molecule has 110 valence electrons. The van der Waals surface area contributed by atoms with Crippen LogP contribution >= 0.6 is 15.9 Å². The van der Waals surface area contributed by atoms with Gasteiger partial charge in [-0.3, -0.25) is 0 Å². The van der Waals surface area contributed by atoms with Crippen molar-refractivity contribution in [3.8, 4) is 0 Å². The number of aromatic nitrogens is 3. The lowest BCUT2D eigenvalue weighted by Crippen LogP contribution is -2.23. The van der Waals surface area contributed by atoms with Crippen molar-refractivity contribution in [3.63, 3.8) is 0 Å². The van der Waals surface area contributed by atoms with Gasteiger partial charge in [-0.05, 0) is 27.8 Å². The molecule has 0 unspecified atom stereocenters. The van der Waals surface area contributed by atoms with E-state index in [-0.39, 0.29) is 5.41 Å². The van der Waals surface area contributed by atoms with E-state index >= 15 is 0 Å². The Morgan fingerprint density at radius 2 is 2.15 bits per heavy atom. The summed E-state index contributed by atoms with van der Waals surface area (Å²) in [7, 11) is 0. The van der Waals surface area contributed by atoms with Crippen molar-refractivity contribution in [1.82, 2.24) is 14.4 Å². The minimum Gasteiger partial charge on any atom is -0.366 e. The van der Waals surface area contributed by atoms with Crippen LogP contribution in [0, 0.1) is 5.41 Å². The van der Waals surface area contributed by atoms with Gasteiger partial charge in [-0.25, -0.2) is 9.97 Å². The zero-order chi connectivity index (χ0) is 14.6. The Morgan fingerprint density at radius 3 is 2.90 bits per heavy atom. The second-order valence-electron chi connectivity index (χ2n) is 6.05. The second-order valence-corrected chi connectivity index (χ2v) is 6.86. The summed E-state index contributed by atoms with van der Waals surface area (Å²) in [4.78, 5) is 8.85. The van der Waals surface area contributed by atoms with Gasteiger partial charge in [-0.2, -0.15) is 0 Å². The molecule has 2 aromatic rings. The van der Waals surface area contributed by atoms with Gasteiger partial charge >= 0.3 is 0 Å². The van der Waals surface area contributed by atoms with E-state index in [0.29, 0.717) is 0 Å². The average Bonchev–Trinajstić information content (AvgIpc) is 2.84. The Balaban J connectivity index is 2.03. The number of nitrogens with zero attached hydrogens (tertiary/aromatic N) is 3. The second kappa shape index (κ2) is 6.57. The van der Waals surface area contributed by atoms with Gasteiger partial charge in [0.2, 0.25) is 0 Å². The zero-order valence-electron chi connectivity index (χ0n) is 12.5. The van der Waals surface area contributed by atoms with Gasteiger partial charge in [0.25, 0.3) is 0 Å². The van der Waals surface area contributed by atoms with Crippen LogP contribution in [0.15, 0.2) is 23.2 Å². The molecule has 4 nitrogen and oxygen atoms in total. The first kappa shape index (κ1) is 15.3. The Labute approximate surface area is 129 Å². The molecule has 0 spiro atoms. The number of nitrogens with one attached hydrogen (secondary N) is 1. The predicted molar refractivity (Wildman–Crippen MR) is 87.1 cm³/mol. The molecular weight excluding hydrogens is 316 g/mol. The highest BCUT2D eigenvalue weighted by Gasteiger charge is 2.18. The van der Waals surface area contributed by atoms with Crippen molar-refractivity contribution in [3.05, 3.63) is 23.2 Å². The molecule has 0 atom stereocenters. The monoisotopic (exact) mass is 338 g/mol. The molecular formula is C15H23BrN4. The summed E-state index contributed by atoms with van der Waals surface area (Å²) in [6, 6.07) is 0. The fourth-order valence-corrected chi connectivity index (χ4v) is 2.68. The number of unbranched alkanes of at least 4 members (excludes halogenated alkanes) is 2. The lowest BCUT2D eigenvalue weighted by molar-refractivity contribution is 0.342. The standard InChI is InChI=1S/C15H23BrN4/c1-4-5-6-7-15(2,3)11-18-13-14-17-8-9-20(14)10-12(16)19-13/h8-10H,4-7,11H2,1-3H3,(H,18,19). The van der Waals surface area contributed by atoms with Crippen LogP contribution in [0.1, 0.15) is 46.5 Å². The van der Waals surface area contributed by atoms with E-state index in [1.807, 2.05) is 16.8 Å². The highest BCUT2D eigenvalue weighted by atomic mass is 79.9. The molecule has 0 fully saturated rings. The number of halogens is 1. The van der Waals surface area contributed by atoms with Crippen LogP contribution in [0.25, 0.3) is 5.65 Å². The minimum atomic E-state index is 0.267. The molecule has 2 aromatic heterocycles. The van der Waals surface area contributed by atoms with Gasteiger partial charge in [0.05, 0.1) is 0 Å². The molecule has 1 N–H and O–H groups in total. The van der Waals surface area contributed by atoms with Gasteiger partial charge in [0.15, 0.2) is 11.5 Å². The van der Waals surface area contributed by atoms with Crippen molar-refractivity contribution < 1.29 is 0 Å². The van der Waals surface area contributed by atoms with Crippen LogP contribution in [0.5, 0.6) is 0 Å². The van der Waals surface area contributed by atoms with Gasteiger partial charge in [0.1, 0.15) is 4.60 Å². The van der Waals surface area contributed by atoms with Crippen molar-refractivity contribution in [2.24, 2.45) is 5.41 Å². The van der Waals surface area contributed by atoms with Gasteiger partial charge in [-0.1, -0.05) is 40.0 Å². The number of anilines is 1. The van der Waals surface area contributed by atoms with E-state index < -0.39 is 0 Å². The van der Waals surface area contributed by atoms with Crippen LogP contribution in [0.3, 0.4) is 0 Å².